The smallest absolute Gasteiger partial charge is 0.341 e. The zero-order valence-electron chi connectivity index (χ0n) is 15.3. The van der Waals surface area contributed by atoms with Gasteiger partial charge in [0.1, 0.15) is 23.8 Å². The summed E-state index contributed by atoms with van der Waals surface area (Å²) in [4.78, 5) is 24.5. The summed E-state index contributed by atoms with van der Waals surface area (Å²) in [7, 11) is 0. The molecule has 29 heavy (non-hydrogen) atoms. The quantitative estimate of drug-likeness (QED) is 0.358. The minimum atomic E-state index is -1.32. The average Bonchev–Trinajstić information content (AvgIpc) is 3.41. The third-order valence-electron chi connectivity index (χ3n) is 4.53. The number of aromatic nitrogens is 6. The monoisotopic (exact) mass is 405 g/mol. The van der Waals surface area contributed by atoms with Crippen LogP contribution >= 0.6 is 0 Å². The molecule has 1 unspecified atom stereocenters. The zero-order chi connectivity index (χ0) is 20.7. The van der Waals surface area contributed by atoms with Crippen molar-refractivity contribution in [3.05, 3.63) is 24.3 Å². The molecule has 0 bridgehead atoms. The van der Waals surface area contributed by atoms with Gasteiger partial charge in [-0.05, 0) is 6.92 Å². The first-order valence-electron chi connectivity index (χ1n) is 8.79. The number of rotatable bonds is 5. The van der Waals surface area contributed by atoms with Gasteiger partial charge in [0, 0.05) is 6.20 Å². The van der Waals surface area contributed by atoms with Gasteiger partial charge in [0.05, 0.1) is 31.3 Å². The van der Waals surface area contributed by atoms with Crippen molar-refractivity contribution >= 4 is 23.0 Å². The molecule has 0 aliphatic carbocycles. The van der Waals surface area contributed by atoms with Gasteiger partial charge in [0.2, 0.25) is 0 Å². The second kappa shape index (κ2) is 7.36. The Morgan fingerprint density at radius 2 is 2.14 bits per heavy atom. The van der Waals surface area contributed by atoms with Crippen LogP contribution in [-0.4, -0.2) is 82.1 Å². The molecule has 13 nitrogen and oxygen atoms in total. The fraction of sp³-hybridized carbons (Fsp3) is 0.438. The summed E-state index contributed by atoms with van der Waals surface area (Å²) < 4.78 is 13.1. The highest BCUT2D eigenvalue weighted by molar-refractivity contribution is 5.89. The number of aliphatic hydroxyl groups is 3. The summed E-state index contributed by atoms with van der Waals surface area (Å²) in [5, 5.41) is 33.6. The molecule has 1 aliphatic heterocycles. The molecule has 1 aliphatic rings. The molecule has 4 rings (SSSR count). The molecule has 4 heterocycles. The molecule has 13 heteroatoms. The Hall–Kier alpha value is -3.13. The Kier molecular flexibility index (Phi) is 4.87. The molecule has 3 aromatic heterocycles. The standard InChI is InChI=1S/C16H19N7O6/c1-2-28-15(27)7-3-19-23(4-7)16-20-12(17)9-13(21-16)22(6-18-9)14-11(26)10(25)8(5-24)29-14/h3-4,6,8,10-11,14,24-26H,2,5H2,1H3,(H2,17,20,21)/t8-,10?,11+,14-/m1/s1. The van der Waals surface area contributed by atoms with Gasteiger partial charge in [-0.15, -0.1) is 0 Å². The molecule has 4 atom stereocenters. The van der Waals surface area contributed by atoms with Gasteiger partial charge >= 0.3 is 5.97 Å². The Bertz CT molecular complexity index is 1050. The summed E-state index contributed by atoms with van der Waals surface area (Å²) in [5.41, 5.74) is 6.67. The highest BCUT2D eigenvalue weighted by Gasteiger charge is 2.44. The zero-order valence-corrected chi connectivity index (χ0v) is 15.3. The lowest BCUT2D eigenvalue weighted by Gasteiger charge is -2.16. The largest absolute Gasteiger partial charge is 0.462 e. The van der Waals surface area contributed by atoms with Crippen LogP contribution in [0.1, 0.15) is 23.5 Å². The van der Waals surface area contributed by atoms with Gasteiger partial charge in [0.15, 0.2) is 17.7 Å². The number of hydrogen-bond donors (Lipinski definition) is 4. The summed E-state index contributed by atoms with van der Waals surface area (Å²) in [6.07, 6.45) is -0.542. The van der Waals surface area contributed by atoms with E-state index in [0.29, 0.717) is 0 Å². The van der Waals surface area contributed by atoms with E-state index in [1.54, 1.807) is 6.92 Å². The van der Waals surface area contributed by atoms with Crippen molar-refractivity contribution in [2.45, 2.75) is 31.5 Å². The molecule has 0 amide bonds. The second-order valence-electron chi connectivity index (χ2n) is 6.36. The van der Waals surface area contributed by atoms with E-state index in [1.165, 1.54) is 28.0 Å². The van der Waals surface area contributed by atoms with Crippen LogP contribution in [0.25, 0.3) is 17.1 Å². The van der Waals surface area contributed by atoms with Crippen LogP contribution in [0, 0.1) is 0 Å². The number of nitrogens with two attached hydrogens (primary N) is 1. The van der Waals surface area contributed by atoms with Crippen molar-refractivity contribution in [1.82, 2.24) is 29.3 Å². The van der Waals surface area contributed by atoms with Crippen LogP contribution < -0.4 is 5.73 Å². The fourth-order valence-electron chi connectivity index (χ4n) is 3.08. The minimum Gasteiger partial charge on any atom is -0.462 e. The second-order valence-corrected chi connectivity index (χ2v) is 6.36. The molecular weight excluding hydrogens is 386 g/mol. The molecule has 5 N–H and O–H groups in total. The first-order chi connectivity index (χ1) is 13.9. The molecule has 0 saturated carbocycles. The van der Waals surface area contributed by atoms with Gasteiger partial charge in [-0.1, -0.05) is 0 Å². The minimum absolute atomic E-state index is 0.0451. The van der Waals surface area contributed by atoms with Gasteiger partial charge in [-0.3, -0.25) is 4.57 Å². The van der Waals surface area contributed by atoms with E-state index in [1.807, 2.05) is 0 Å². The SMILES string of the molecule is CCOC(=O)c1cnn(-c2nc(N)c3ncn([C@@H]4O[C@H](CO)C(O)[C@@H]4O)c3n2)c1. The number of ether oxygens (including phenoxy) is 2. The van der Waals surface area contributed by atoms with Crippen molar-refractivity contribution in [2.75, 3.05) is 18.9 Å². The average molecular weight is 405 g/mol. The highest BCUT2D eigenvalue weighted by Crippen LogP contribution is 2.32. The number of anilines is 1. The van der Waals surface area contributed by atoms with Gasteiger partial charge < -0.3 is 30.5 Å². The van der Waals surface area contributed by atoms with E-state index in [4.69, 9.17) is 15.2 Å². The molecular formula is C16H19N7O6. The van der Waals surface area contributed by atoms with Crippen LogP contribution in [0.5, 0.6) is 0 Å². The third kappa shape index (κ3) is 3.19. The molecule has 154 valence electrons. The van der Waals surface area contributed by atoms with Crippen molar-refractivity contribution in [1.29, 1.82) is 0 Å². The first kappa shape index (κ1) is 19.2. The maximum Gasteiger partial charge on any atom is 0.341 e. The van der Waals surface area contributed by atoms with E-state index < -0.39 is 37.1 Å². The van der Waals surface area contributed by atoms with E-state index in [0.717, 1.165) is 0 Å². The number of carbonyl (C=O) groups is 1. The van der Waals surface area contributed by atoms with Crippen LogP contribution in [0.2, 0.25) is 0 Å². The van der Waals surface area contributed by atoms with E-state index in [9.17, 15) is 20.1 Å². The van der Waals surface area contributed by atoms with E-state index >= 15 is 0 Å². The number of nitrogen functional groups attached to an aromatic ring is 1. The van der Waals surface area contributed by atoms with Gasteiger partial charge in [0.25, 0.3) is 5.95 Å². The third-order valence-corrected chi connectivity index (χ3v) is 4.53. The number of aliphatic hydroxyl groups excluding tert-OH is 3. The van der Waals surface area contributed by atoms with Crippen molar-refractivity contribution < 1.29 is 29.6 Å². The summed E-state index contributed by atoms with van der Waals surface area (Å²) >= 11 is 0. The number of hydrogen-bond acceptors (Lipinski definition) is 11. The predicted molar refractivity (Wildman–Crippen MR) is 95.8 cm³/mol. The normalized spacial score (nSPS) is 24.3. The van der Waals surface area contributed by atoms with Crippen LogP contribution in [0.4, 0.5) is 5.82 Å². The molecule has 0 aromatic carbocycles. The van der Waals surface area contributed by atoms with Crippen molar-refractivity contribution in [3.8, 4) is 5.95 Å². The van der Waals surface area contributed by atoms with Crippen molar-refractivity contribution in [3.63, 3.8) is 0 Å². The molecule has 3 aromatic rings. The number of imidazole rings is 1. The Balaban J connectivity index is 1.74. The maximum absolute atomic E-state index is 11.8. The first-order valence-corrected chi connectivity index (χ1v) is 8.79. The Morgan fingerprint density at radius 1 is 1.34 bits per heavy atom. The van der Waals surface area contributed by atoms with Crippen LogP contribution in [0.3, 0.4) is 0 Å². The Morgan fingerprint density at radius 3 is 2.83 bits per heavy atom. The van der Waals surface area contributed by atoms with Gasteiger partial charge in [-0.25, -0.2) is 14.5 Å². The van der Waals surface area contributed by atoms with E-state index in [-0.39, 0.29) is 35.1 Å². The summed E-state index contributed by atoms with van der Waals surface area (Å²) in [5.74, 6) is -0.438. The molecule has 1 saturated heterocycles. The lowest BCUT2D eigenvalue weighted by Crippen LogP contribution is -2.33. The van der Waals surface area contributed by atoms with Crippen molar-refractivity contribution in [2.24, 2.45) is 0 Å². The van der Waals surface area contributed by atoms with Gasteiger partial charge in [-0.2, -0.15) is 15.1 Å². The lowest BCUT2D eigenvalue weighted by atomic mass is 10.1. The fourth-order valence-corrected chi connectivity index (χ4v) is 3.08. The maximum atomic E-state index is 11.8. The van der Waals surface area contributed by atoms with Crippen LogP contribution in [-0.2, 0) is 9.47 Å². The summed E-state index contributed by atoms with van der Waals surface area (Å²) in [6.45, 7) is 1.45. The molecule has 0 radical (unpaired) electrons. The molecule has 1 fully saturated rings. The number of nitrogens with zero attached hydrogens (tertiary/aromatic N) is 6. The predicted octanol–water partition coefficient (Wildman–Crippen LogP) is -1.62. The topological polar surface area (TPSA) is 184 Å². The lowest BCUT2D eigenvalue weighted by molar-refractivity contribution is -0.0511. The van der Waals surface area contributed by atoms with E-state index in [2.05, 4.69) is 20.1 Å². The Labute approximate surface area is 163 Å². The number of esters is 1. The summed E-state index contributed by atoms with van der Waals surface area (Å²) in [6, 6.07) is 0. The number of fused-ring (bicyclic) bond motifs is 1. The number of carbonyl (C=O) groups excluding carboxylic acids is 1. The highest BCUT2D eigenvalue weighted by atomic mass is 16.6. The molecule has 0 spiro atoms. The van der Waals surface area contributed by atoms with Crippen LogP contribution in [0.15, 0.2) is 18.7 Å².